The Morgan fingerprint density at radius 1 is 0.852 bits per heavy atom. The molecule has 7 heteroatoms. The SMILES string of the molecule is CN(Cc1ccccc1)c1ccc(NS(=O)(=O)CCc2ccccc2)nn1. The van der Waals surface area contributed by atoms with Crippen molar-refractivity contribution in [3.05, 3.63) is 83.9 Å². The van der Waals surface area contributed by atoms with E-state index < -0.39 is 10.0 Å². The molecule has 1 aromatic heterocycles. The van der Waals surface area contributed by atoms with Gasteiger partial charge in [-0.3, -0.25) is 4.72 Å². The zero-order valence-corrected chi connectivity index (χ0v) is 15.9. The van der Waals surface area contributed by atoms with Crippen LogP contribution in [0.3, 0.4) is 0 Å². The fraction of sp³-hybridized carbons (Fsp3) is 0.200. The van der Waals surface area contributed by atoms with E-state index in [1.165, 1.54) is 0 Å². The molecule has 2 aromatic carbocycles. The first-order valence-electron chi connectivity index (χ1n) is 8.65. The molecule has 27 heavy (non-hydrogen) atoms. The van der Waals surface area contributed by atoms with Gasteiger partial charge in [-0.2, -0.15) is 0 Å². The molecule has 0 saturated heterocycles. The van der Waals surface area contributed by atoms with Crippen LogP contribution in [0.15, 0.2) is 72.8 Å². The van der Waals surface area contributed by atoms with Crippen molar-refractivity contribution in [2.24, 2.45) is 0 Å². The number of aryl methyl sites for hydroxylation is 1. The van der Waals surface area contributed by atoms with Crippen LogP contribution >= 0.6 is 0 Å². The highest BCUT2D eigenvalue weighted by atomic mass is 32.2. The van der Waals surface area contributed by atoms with Crippen LogP contribution in [0, 0.1) is 0 Å². The summed E-state index contributed by atoms with van der Waals surface area (Å²) < 4.78 is 27.0. The number of nitrogens with zero attached hydrogens (tertiary/aromatic N) is 3. The molecule has 0 atom stereocenters. The number of hydrogen-bond acceptors (Lipinski definition) is 5. The van der Waals surface area contributed by atoms with Crippen molar-refractivity contribution in [1.82, 2.24) is 10.2 Å². The smallest absolute Gasteiger partial charge is 0.234 e. The van der Waals surface area contributed by atoms with E-state index in [1.807, 2.05) is 72.6 Å². The van der Waals surface area contributed by atoms with Gasteiger partial charge in [-0.05, 0) is 29.7 Å². The lowest BCUT2D eigenvalue weighted by atomic mass is 10.2. The highest BCUT2D eigenvalue weighted by molar-refractivity contribution is 7.92. The summed E-state index contributed by atoms with van der Waals surface area (Å²) in [4.78, 5) is 1.95. The lowest BCUT2D eigenvalue weighted by Crippen LogP contribution is -2.21. The molecular formula is C20H22N4O2S. The monoisotopic (exact) mass is 382 g/mol. The largest absolute Gasteiger partial charge is 0.354 e. The predicted octanol–water partition coefficient (Wildman–Crippen LogP) is 3.10. The third kappa shape index (κ3) is 5.79. The Balaban J connectivity index is 1.58. The average molecular weight is 382 g/mol. The van der Waals surface area contributed by atoms with E-state index in [-0.39, 0.29) is 11.6 Å². The standard InChI is InChI=1S/C20H22N4O2S/c1-24(16-18-10-6-3-7-11-18)20-13-12-19(21-22-20)23-27(25,26)15-14-17-8-4-2-5-9-17/h2-13H,14-16H2,1H3,(H,21,23). The Kier molecular flexibility index (Phi) is 6.03. The minimum Gasteiger partial charge on any atom is -0.354 e. The van der Waals surface area contributed by atoms with E-state index in [2.05, 4.69) is 14.9 Å². The van der Waals surface area contributed by atoms with Crippen LogP contribution in [0.4, 0.5) is 11.6 Å². The molecule has 3 aromatic rings. The first-order chi connectivity index (χ1) is 13.0. The number of aromatic nitrogens is 2. The molecule has 0 aliphatic heterocycles. The molecule has 0 saturated carbocycles. The minimum absolute atomic E-state index is 0.00560. The summed E-state index contributed by atoms with van der Waals surface area (Å²) in [6.45, 7) is 0.692. The molecule has 140 valence electrons. The fourth-order valence-electron chi connectivity index (χ4n) is 2.63. The van der Waals surface area contributed by atoms with Gasteiger partial charge in [-0.1, -0.05) is 60.7 Å². The van der Waals surface area contributed by atoms with E-state index in [1.54, 1.807) is 12.1 Å². The molecule has 0 spiro atoms. The summed E-state index contributed by atoms with van der Waals surface area (Å²) in [5.74, 6) is 0.889. The van der Waals surface area contributed by atoms with Crippen LogP contribution in [0.5, 0.6) is 0 Å². The van der Waals surface area contributed by atoms with E-state index in [0.717, 1.165) is 11.1 Å². The van der Waals surface area contributed by atoms with Crippen molar-refractivity contribution in [3.8, 4) is 0 Å². The van der Waals surface area contributed by atoms with E-state index in [4.69, 9.17) is 0 Å². The first kappa shape index (κ1) is 18.8. The zero-order chi connectivity index (χ0) is 19.1. The fourth-order valence-corrected chi connectivity index (χ4v) is 3.66. The van der Waals surface area contributed by atoms with Gasteiger partial charge in [0.2, 0.25) is 10.0 Å². The Morgan fingerprint density at radius 2 is 1.48 bits per heavy atom. The normalized spacial score (nSPS) is 11.1. The number of benzene rings is 2. The lowest BCUT2D eigenvalue weighted by molar-refractivity contribution is 0.600. The first-order valence-corrected chi connectivity index (χ1v) is 10.3. The van der Waals surface area contributed by atoms with Crippen molar-refractivity contribution in [2.75, 3.05) is 22.4 Å². The summed E-state index contributed by atoms with van der Waals surface area (Å²) in [7, 11) is -1.56. The van der Waals surface area contributed by atoms with Crippen LogP contribution < -0.4 is 9.62 Å². The van der Waals surface area contributed by atoms with Gasteiger partial charge >= 0.3 is 0 Å². The van der Waals surface area contributed by atoms with Crippen LogP contribution in [0.25, 0.3) is 0 Å². The zero-order valence-electron chi connectivity index (χ0n) is 15.1. The average Bonchev–Trinajstić information content (AvgIpc) is 2.68. The third-order valence-electron chi connectivity index (χ3n) is 4.07. The molecule has 1 N–H and O–H groups in total. The third-order valence-corrected chi connectivity index (χ3v) is 5.33. The van der Waals surface area contributed by atoms with E-state index in [0.29, 0.717) is 18.8 Å². The summed E-state index contributed by atoms with van der Waals surface area (Å²) in [6, 6.07) is 22.9. The van der Waals surface area contributed by atoms with Gasteiger partial charge in [-0.25, -0.2) is 8.42 Å². The van der Waals surface area contributed by atoms with Crippen molar-refractivity contribution in [3.63, 3.8) is 0 Å². The van der Waals surface area contributed by atoms with Gasteiger partial charge in [0.05, 0.1) is 5.75 Å². The number of anilines is 2. The van der Waals surface area contributed by atoms with Crippen LogP contribution in [0.2, 0.25) is 0 Å². The van der Waals surface area contributed by atoms with Gasteiger partial charge in [0.25, 0.3) is 0 Å². The number of nitrogens with one attached hydrogen (secondary N) is 1. The van der Waals surface area contributed by atoms with E-state index >= 15 is 0 Å². The quantitative estimate of drug-likeness (QED) is 0.648. The van der Waals surface area contributed by atoms with Crippen molar-refractivity contribution < 1.29 is 8.42 Å². The topological polar surface area (TPSA) is 75.2 Å². The second-order valence-corrected chi connectivity index (χ2v) is 8.12. The molecule has 0 unspecified atom stereocenters. The highest BCUT2D eigenvalue weighted by Crippen LogP contribution is 2.14. The summed E-state index contributed by atoms with van der Waals surface area (Å²) in [5.41, 5.74) is 2.14. The molecule has 3 rings (SSSR count). The van der Waals surface area contributed by atoms with Gasteiger partial charge in [0, 0.05) is 13.6 Å². The Hall–Kier alpha value is -2.93. The van der Waals surface area contributed by atoms with Crippen molar-refractivity contribution >= 4 is 21.7 Å². The molecule has 0 fully saturated rings. The van der Waals surface area contributed by atoms with Crippen LogP contribution in [0.1, 0.15) is 11.1 Å². The number of sulfonamides is 1. The van der Waals surface area contributed by atoms with Crippen LogP contribution in [-0.2, 0) is 23.0 Å². The van der Waals surface area contributed by atoms with Gasteiger partial charge in [0.15, 0.2) is 11.6 Å². The highest BCUT2D eigenvalue weighted by Gasteiger charge is 2.12. The molecule has 0 radical (unpaired) electrons. The summed E-state index contributed by atoms with van der Waals surface area (Å²) >= 11 is 0. The van der Waals surface area contributed by atoms with Gasteiger partial charge in [0.1, 0.15) is 0 Å². The Labute approximate surface area is 159 Å². The molecule has 6 nitrogen and oxygen atoms in total. The Morgan fingerprint density at radius 3 is 2.07 bits per heavy atom. The molecule has 0 aliphatic carbocycles. The summed E-state index contributed by atoms with van der Waals surface area (Å²) in [6.07, 6.45) is 0.446. The van der Waals surface area contributed by atoms with E-state index in [9.17, 15) is 8.42 Å². The second-order valence-electron chi connectivity index (χ2n) is 6.27. The maximum Gasteiger partial charge on any atom is 0.234 e. The number of hydrogen-bond donors (Lipinski definition) is 1. The minimum atomic E-state index is -3.48. The van der Waals surface area contributed by atoms with Crippen molar-refractivity contribution in [2.45, 2.75) is 13.0 Å². The lowest BCUT2D eigenvalue weighted by Gasteiger charge is -2.17. The molecule has 0 amide bonds. The van der Waals surface area contributed by atoms with Gasteiger partial charge < -0.3 is 4.90 Å². The van der Waals surface area contributed by atoms with Crippen LogP contribution in [-0.4, -0.2) is 31.4 Å². The van der Waals surface area contributed by atoms with Crippen molar-refractivity contribution in [1.29, 1.82) is 0 Å². The Bertz CT molecular complexity index is 946. The predicted molar refractivity (Wildman–Crippen MR) is 108 cm³/mol. The maximum atomic E-state index is 12.2. The molecule has 0 bridgehead atoms. The van der Waals surface area contributed by atoms with Gasteiger partial charge in [-0.15, -0.1) is 10.2 Å². The molecular weight excluding hydrogens is 360 g/mol. The second kappa shape index (κ2) is 8.64. The molecule has 1 heterocycles. The maximum absolute atomic E-state index is 12.2. The molecule has 0 aliphatic rings. The number of rotatable bonds is 8. The summed E-state index contributed by atoms with van der Waals surface area (Å²) in [5, 5.41) is 8.13.